The number of morpholine rings is 1. The van der Waals surface area contributed by atoms with Crippen molar-refractivity contribution in [1.82, 2.24) is 20.4 Å². The van der Waals surface area contributed by atoms with Crippen LogP contribution in [0.15, 0.2) is 4.99 Å². The van der Waals surface area contributed by atoms with Crippen LogP contribution in [0.2, 0.25) is 0 Å². The largest absolute Gasteiger partial charge is 0.373 e. The number of aliphatic imine (C=N–C) groups is 1. The van der Waals surface area contributed by atoms with Gasteiger partial charge in [0, 0.05) is 51.2 Å². The number of rotatable bonds is 8. The second-order valence-corrected chi connectivity index (χ2v) is 8.43. The fourth-order valence-electron chi connectivity index (χ4n) is 3.80. The second kappa shape index (κ2) is 12.2. The Kier molecular flexibility index (Phi) is 11.1. The maximum absolute atomic E-state index is 11.7. The molecule has 2 atom stereocenters. The standard InChI is InChI=1S/C20H39N5O2.HI/c1-6-21-19(22-10-8-12-24-11-7-9-18(24)26)23-15-20(4,5)25-13-16(2)27-17(3)14-25;/h16-17H,6-15H2,1-5H3,(H2,21,22,23);1H. The van der Waals surface area contributed by atoms with Crippen molar-refractivity contribution in [3.8, 4) is 0 Å². The molecule has 164 valence electrons. The Bertz CT molecular complexity index is 505. The highest BCUT2D eigenvalue weighted by Crippen LogP contribution is 2.21. The highest BCUT2D eigenvalue weighted by molar-refractivity contribution is 14.0. The van der Waals surface area contributed by atoms with E-state index in [1.807, 2.05) is 4.90 Å². The van der Waals surface area contributed by atoms with E-state index < -0.39 is 0 Å². The molecule has 2 rings (SSSR count). The van der Waals surface area contributed by atoms with Gasteiger partial charge in [0.2, 0.25) is 5.91 Å². The molecular formula is C20H40IN5O2. The maximum Gasteiger partial charge on any atom is 0.222 e. The van der Waals surface area contributed by atoms with Crippen LogP contribution >= 0.6 is 24.0 Å². The molecular weight excluding hydrogens is 469 g/mol. The van der Waals surface area contributed by atoms with Crippen LogP contribution in [-0.4, -0.2) is 85.2 Å². The zero-order chi connectivity index (χ0) is 19.9. The maximum atomic E-state index is 11.7. The molecule has 28 heavy (non-hydrogen) atoms. The number of carbonyl (C=O) groups excluding carboxylic acids is 1. The Morgan fingerprint density at radius 2 is 1.93 bits per heavy atom. The summed E-state index contributed by atoms with van der Waals surface area (Å²) in [6, 6.07) is 0. The fourth-order valence-corrected chi connectivity index (χ4v) is 3.80. The van der Waals surface area contributed by atoms with Crippen molar-refractivity contribution < 1.29 is 9.53 Å². The summed E-state index contributed by atoms with van der Waals surface area (Å²) in [7, 11) is 0. The molecule has 0 radical (unpaired) electrons. The van der Waals surface area contributed by atoms with Crippen molar-refractivity contribution in [3.05, 3.63) is 0 Å². The lowest BCUT2D eigenvalue weighted by atomic mass is 10.0. The molecule has 2 aliphatic rings. The fraction of sp³-hybridized carbons (Fsp3) is 0.900. The SMILES string of the molecule is CCNC(=NCC(C)(C)N1CC(C)OC(C)C1)NCCCN1CCCC1=O.I. The van der Waals surface area contributed by atoms with Crippen LogP contribution in [0.4, 0.5) is 0 Å². The van der Waals surface area contributed by atoms with Gasteiger partial charge in [0.15, 0.2) is 5.96 Å². The van der Waals surface area contributed by atoms with Gasteiger partial charge in [-0.25, -0.2) is 0 Å². The first kappa shape index (κ1) is 25.4. The first-order chi connectivity index (χ1) is 12.8. The molecule has 2 saturated heterocycles. The molecule has 7 nitrogen and oxygen atoms in total. The topological polar surface area (TPSA) is 69.2 Å². The Morgan fingerprint density at radius 1 is 1.25 bits per heavy atom. The van der Waals surface area contributed by atoms with E-state index in [0.717, 1.165) is 64.6 Å². The minimum absolute atomic E-state index is 0. The van der Waals surface area contributed by atoms with E-state index in [1.165, 1.54) is 0 Å². The average Bonchev–Trinajstić information content (AvgIpc) is 3.00. The highest BCUT2D eigenvalue weighted by Gasteiger charge is 2.33. The number of halogens is 1. The molecule has 0 aromatic heterocycles. The minimum Gasteiger partial charge on any atom is -0.373 e. The smallest absolute Gasteiger partial charge is 0.222 e. The molecule has 0 aromatic rings. The molecule has 2 fully saturated rings. The summed E-state index contributed by atoms with van der Waals surface area (Å²) in [5.41, 5.74) is -0.0172. The molecule has 2 heterocycles. The van der Waals surface area contributed by atoms with Crippen molar-refractivity contribution in [3.63, 3.8) is 0 Å². The summed E-state index contributed by atoms with van der Waals surface area (Å²) in [6.45, 7) is 16.9. The molecule has 2 N–H and O–H groups in total. The molecule has 0 spiro atoms. The Labute approximate surface area is 188 Å². The zero-order valence-corrected chi connectivity index (χ0v) is 20.6. The van der Waals surface area contributed by atoms with Crippen LogP contribution < -0.4 is 10.6 Å². The van der Waals surface area contributed by atoms with Crippen molar-refractivity contribution in [2.45, 2.75) is 71.6 Å². The predicted molar refractivity (Wildman–Crippen MR) is 125 cm³/mol. The summed E-state index contributed by atoms with van der Waals surface area (Å²) < 4.78 is 5.86. The van der Waals surface area contributed by atoms with Crippen molar-refractivity contribution >= 4 is 35.8 Å². The van der Waals surface area contributed by atoms with Gasteiger partial charge in [0.1, 0.15) is 0 Å². The zero-order valence-electron chi connectivity index (χ0n) is 18.3. The summed E-state index contributed by atoms with van der Waals surface area (Å²) in [5, 5.41) is 6.74. The van der Waals surface area contributed by atoms with Gasteiger partial charge >= 0.3 is 0 Å². The van der Waals surface area contributed by atoms with Gasteiger partial charge in [-0.15, -0.1) is 24.0 Å². The molecule has 2 aliphatic heterocycles. The quantitative estimate of drug-likeness (QED) is 0.227. The molecule has 0 saturated carbocycles. The van der Waals surface area contributed by atoms with Crippen LogP contribution in [0.5, 0.6) is 0 Å². The third-order valence-corrected chi connectivity index (χ3v) is 5.31. The van der Waals surface area contributed by atoms with Gasteiger partial charge in [-0.1, -0.05) is 0 Å². The number of amides is 1. The Hall–Kier alpha value is -0.610. The summed E-state index contributed by atoms with van der Waals surface area (Å²) in [5.74, 6) is 1.15. The van der Waals surface area contributed by atoms with E-state index in [0.29, 0.717) is 12.3 Å². The van der Waals surface area contributed by atoms with Crippen molar-refractivity contribution in [2.75, 3.05) is 45.8 Å². The monoisotopic (exact) mass is 509 g/mol. The number of hydrogen-bond donors (Lipinski definition) is 2. The van der Waals surface area contributed by atoms with Gasteiger partial charge in [-0.2, -0.15) is 0 Å². The average molecular weight is 509 g/mol. The second-order valence-electron chi connectivity index (χ2n) is 8.43. The number of likely N-dealkylation sites (tertiary alicyclic amines) is 1. The minimum atomic E-state index is -0.0172. The van der Waals surface area contributed by atoms with E-state index in [9.17, 15) is 4.79 Å². The van der Waals surface area contributed by atoms with Gasteiger partial charge in [-0.05, 0) is 47.5 Å². The summed E-state index contributed by atoms with van der Waals surface area (Å²) in [6.07, 6.45) is 3.18. The molecule has 2 unspecified atom stereocenters. The highest BCUT2D eigenvalue weighted by atomic mass is 127. The third kappa shape index (κ3) is 8.02. The van der Waals surface area contributed by atoms with E-state index in [2.05, 4.69) is 50.2 Å². The molecule has 8 heteroatoms. The third-order valence-electron chi connectivity index (χ3n) is 5.31. The molecule has 0 bridgehead atoms. The van der Waals surface area contributed by atoms with Crippen LogP contribution in [0.25, 0.3) is 0 Å². The number of ether oxygens (including phenoxy) is 1. The molecule has 0 aromatic carbocycles. The normalized spacial score (nSPS) is 24.2. The lowest BCUT2D eigenvalue weighted by Gasteiger charge is -2.44. The van der Waals surface area contributed by atoms with Gasteiger partial charge in [-0.3, -0.25) is 14.7 Å². The lowest BCUT2D eigenvalue weighted by molar-refractivity contribution is -0.127. The summed E-state index contributed by atoms with van der Waals surface area (Å²) >= 11 is 0. The number of nitrogens with one attached hydrogen (secondary N) is 2. The van der Waals surface area contributed by atoms with Crippen LogP contribution in [-0.2, 0) is 9.53 Å². The van der Waals surface area contributed by atoms with E-state index in [1.54, 1.807) is 0 Å². The first-order valence-electron chi connectivity index (χ1n) is 10.5. The number of hydrogen-bond acceptors (Lipinski definition) is 4. The van der Waals surface area contributed by atoms with Crippen molar-refractivity contribution in [2.24, 2.45) is 4.99 Å². The van der Waals surface area contributed by atoms with Crippen LogP contribution in [0.1, 0.15) is 53.9 Å². The van der Waals surface area contributed by atoms with Gasteiger partial charge in [0.25, 0.3) is 0 Å². The first-order valence-corrected chi connectivity index (χ1v) is 10.5. The Balaban J connectivity index is 0.00000392. The van der Waals surface area contributed by atoms with Crippen molar-refractivity contribution in [1.29, 1.82) is 0 Å². The Morgan fingerprint density at radius 3 is 2.50 bits per heavy atom. The summed E-state index contributed by atoms with van der Waals surface area (Å²) in [4.78, 5) is 20.9. The van der Waals surface area contributed by atoms with E-state index >= 15 is 0 Å². The van der Waals surface area contributed by atoms with Gasteiger partial charge < -0.3 is 20.3 Å². The number of guanidine groups is 1. The number of nitrogens with zero attached hydrogens (tertiary/aromatic N) is 3. The van der Waals surface area contributed by atoms with Gasteiger partial charge in [0.05, 0.1) is 18.8 Å². The van der Waals surface area contributed by atoms with E-state index in [-0.39, 0.29) is 41.7 Å². The van der Waals surface area contributed by atoms with Crippen LogP contribution in [0.3, 0.4) is 0 Å². The number of carbonyl (C=O) groups is 1. The molecule has 0 aliphatic carbocycles. The van der Waals surface area contributed by atoms with Crippen LogP contribution in [0, 0.1) is 0 Å². The van der Waals surface area contributed by atoms with E-state index in [4.69, 9.17) is 9.73 Å². The lowest BCUT2D eigenvalue weighted by Crippen LogP contribution is -2.56. The predicted octanol–water partition coefficient (Wildman–Crippen LogP) is 2.06. The molecule has 1 amide bonds.